The average Bonchev–Trinajstić information content (AvgIpc) is 2.76. The zero-order valence-corrected chi connectivity index (χ0v) is 9.85. The number of nitrogens with one attached hydrogen (secondary N) is 1. The maximum absolute atomic E-state index is 12.0. The molecule has 1 aromatic carbocycles. The highest BCUT2D eigenvalue weighted by atomic mass is 16.2. The molecule has 1 N–H and O–H groups in total. The second-order valence-corrected chi connectivity index (χ2v) is 4.34. The van der Waals surface area contributed by atoms with Crippen LogP contribution >= 0.6 is 0 Å². The summed E-state index contributed by atoms with van der Waals surface area (Å²) >= 11 is 0. The van der Waals surface area contributed by atoms with Gasteiger partial charge in [0.15, 0.2) is 0 Å². The number of likely N-dealkylation sites (N-methyl/N-ethyl adjacent to an activating group) is 1. The monoisotopic (exact) mass is 232 g/mol. The maximum Gasteiger partial charge on any atom is 0.245 e. The highest BCUT2D eigenvalue weighted by Crippen LogP contribution is 2.11. The lowest BCUT2D eigenvalue weighted by atomic mass is 10.1. The number of rotatable bonds is 3. The van der Waals surface area contributed by atoms with Crippen molar-refractivity contribution in [3.63, 3.8) is 0 Å². The van der Waals surface area contributed by atoms with E-state index in [1.165, 1.54) is 0 Å². The molecule has 1 aliphatic rings. The highest BCUT2D eigenvalue weighted by molar-refractivity contribution is 5.90. The molecule has 90 valence electrons. The third-order valence-electron chi connectivity index (χ3n) is 2.93. The van der Waals surface area contributed by atoms with Crippen LogP contribution in [-0.4, -0.2) is 29.8 Å². The maximum atomic E-state index is 12.0. The van der Waals surface area contributed by atoms with Crippen LogP contribution in [0.1, 0.15) is 18.4 Å². The van der Waals surface area contributed by atoms with Gasteiger partial charge in [-0.2, -0.15) is 0 Å². The molecule has 1 saturated heterocycles. The second kappa shape index (κ2) is 4.99. The third kappa shape index (κ3) is 2.84. The molecular weight excluding hydrogens is 216 g/mol. The fourth-order valence-electron chi connectivity index (χ4n) is 2.00. The molecule has 4 nitrogen and oxygen atoms in total. The van der Waals surface area contributed by atoms with Gasteiger partial charge in [0, 0.05) is 20.0 Å². The number of benzene rings is 1. The Kier molecular flexibility index (Phi) is 3.42. The quantitative estimate of drug-likeness (QED) is 0.842. The topological polar surface area (TPSA) is 49.4 Å². The number of carbonyl (C=O) groups excluding carboxylic acids is 2. The van der Waals surface area contributed by atoms with E-state index in [9.17, 15) is 9.59 Å². The molecule has 0 unspecified atom stereocenters. The van der Waals surface area contributed by atoms with Crippen molar-refractivity contribution in [2.75, 3.05) is 7.05 Å². The SMILES string of the molecule is CN(Cc1ccccc1)C(=O)[C@@H]1CCC(=O)N1. The molecule has 0 spiro atoms. The van der Waals surface area contributed by atoms with Crippen molar-refractivity contribution >= 4 is 11.8 Å². The minimum absolute atomic E-state index is 0.0142. The number of hydrogen-bond acceptors (Lipinski definition) is 2. The van der Waals surface area contributed by atoms with E-state index in [0.29, 0.717) is 19.4 Å². The Hall–Kier alpha value is -1.84. The number of hydrogen-bond donors (Lipinski definition) is 1. The van der Waals surface area contributed by atoms with Crippen LogP contribution in [0.25, 0.3) is 0 Å². The van der Waals surface area contributed by atoms with Crippen molar-refractivity contribution in [3.8, 4) is 0 Å². The van der Waals surface area contributed by atoms with Crippen LogP contribution in [0.15, 0.2) is 30.3 Å². The Balaban J connectivity index is 1.94. The van der Waals surface area contributed by atoms with Gasteiger partial charge in [0.2, 0.25) is 11.8 Å². The van der Waals surface area contributed by atoms with Gasteiger partial charge in [0.1, 0.15) is 6.04 Å². The smallest absolute Gasteiger partial charge is 0.245 e. The van der Waals surface area contributed by atoms with Gasteiger partial charge in [-0.25, -0.2) is 0 Å². The van der Waals surface area contributed by atoms with E-state index in [-0.39, 0.29) is 17.9 Å². The van der Waals surface area contributed by atoms with E-state index >= 15 is 0 Å². The van der Waals surface area contributed by atoms with Gasteiger partial charge < -0.3 is 10.2 Å². The molecule has 0 radical (unpaired) electrons. The van der Waals surface area contributed by atoms with Gasteiger partial charge in [-0.1, -0.05) is 30.3 Å². The van der Waals surface area contributed by atoms with Gasteiger partial charge in [-0.3, -0.25) is 9.59 Å². The van der Waals surface area contributed by atoms with Crippen LogP contribution in [0.5, 0.6) is 0 Å². The fraction of sp³-hybridized carbons (Fsp3) is 0.385. The first-order chi connectivity index (χ1) is 8.16. The standard InChI is InChI=1S/C13H16N2O2/c1-15(9-10-5-3-2-4-6-10)13(17)11-7-8-12(16)14-11/h2-6,11H,7-9H2,1H3,(H,14,16)/t11-/m0/s1. The van der Waals surface area contributed by atoms with E-state index in [4.69, 9.17) is 0 Å². The molecule has 1 atom stereocenters. The number of amides is 2. The first-order valence-corrected chi connectivity index (χ1v) is 5.75. The lowest BCUT2D eigenvalue weighted by Crippen LogP contribution is -2.42. The summed E-state index contributed by atoms with van der Waals surface area (Å²) in [6, 6.07) is 9.48. The lowest BCUT2D eigenvalue weighted by molar-refractivity contribution is -0.133. The zero-order chi connectivity index (χ0) is 12.3. The predicted molar refractivity (Wildman–Crippen MR) is 64.1 cm³/mol. The van der Waals surface area contributed by atoms with Crippen LogP contribution in [0.4, 0.5) is 0 Å². The predicted octanol–water partition coefficient (Wildman–Crippen LogP) is 0.924. The summed E-state index contributed by atoms with van der Waals surface area (Å²) in [6.07, 6.45) is 1.06. The van der Waals surface area contributed by atoms with E-state index in [1.807, 2.05) is 30.3 Å². The Bertz CT molecular complexity index is 417. The molecule has 0 aromatic heterocycles. The third-order valence-corrected chi connectivity index (χ3v) is 2.93. The van der Waals surface area contributed by atoms with E-state index in [2.05, 4.69) is 5.32 Å². The molecule has 0 bridgehead atoms. The molecule has 0 saturated carbocycles. The van der Waals surface area contributed by atoms with Crippen LogP contribution in [-0.2, 0) is 16.1 Å². The summed E-state index contributed by atoms with van der Waals surface area (Å²) in [5.41, 5.74) is 1.09. The first kappa shape index (κ1) is 11.6. The molecule has 0 aliphatic carbocycles. The molecule has 1 aliphatic heterocycles. The van der Waals surface area contributed by atoms with Gasteiger partial charge in [0.05, 0.1) is 0 Å². The Morgan fingerprint density at radius 1 is 1.41 bits per heavy atom. The van der Waals surface area contributed by atoms with E-state index < -0.39 is 0 Å². The second-order valence-electron chi connectivity index (χ2n) is 4.34. The van der Waals surface area contributed by atoms with Crippen LogP contribution in [0.3, 0.4) is 0 Å². The molecular formula is C13H16N2O2. The lowest BCUT2D eigenvalue weighted by Gasteiger charge is -2.21. The molecule has 1 aromatic rings. The highest BCUT2D eigenvalue weighted by Gasteiger charge is 2.29. The molecule has 2 amide bonds. The number of carbonyl (C=O) groups is 2. The van der Waals surface area contributed by atoms with Gasteiger partial charge >= 0.3 is 0 Å². The van der Waals surface area contributed by atoms with Crippen molar-refractivity contribution < 1.29 is 9.59 Å². The summed E-state index contributed by atoms with van der Waals surface area (Å²) in [5.74, 6) is -0.0452. The summed E-state index contributed by atoms with van der Waals surface area (Å²) in [7, 11) is 1.76. The van der Waals surface area contributed by atoms with Gasteiger partial charge in [-0.05, 0) is 12.0 Å². The van der Waals surface area contributed by atoms with Crippen molar-refractivity contribution in [3.05, 3.63) is 35.9 Å². The minimum Gasteiger partial charge on any atom is -0.344 e. The Morgan fingerprint density at radius 3 is 2.71 bits per heavy atom. The van der Waals surface area contributed by atoms with Crippen molar-refractivity contribution in [1.82, 2.24) is 10.2 Å². The Morgan fingerprint density at radius 2 is 2.12 bits per heavy atom. The summed E-state index contributed by atoms with van der Waals surface area (Å²) in [5, 5.41) is 2.69. The van der Waals surface area contributed by atoms with E-state index in [0.717, 1.165) is 5.56 Å². The minimum atomic E-state index is -0.337. The molecule has 1 heterocycles. The van der Waals surface area contributed by atoms with Crippen LogP contribution in [0, 0.1) is 0 Å². The molecule has 17 heavy (non-hydrogen) atoms. The fourth-order valence-corrected chi connectivity index (χ4v) is 2.00. The molecule has 1 fully saturated rings. The molecule has 4 heteroatoms. The normalized spacial score (nSPS) is 18.9. The van der Waals surface area contributed by atoms with E-state index in [1.54, 1.807) is 11.9 Å². The van der Waals surface area contributed by atoms with Crippen molar-refractivity contribution in [1.29, 1.82) is 0 Å². The zero-order valence-electron chi connectivity index (χ0n) is 9.85. The number of nitrogens with zero attached hydrogens (tertiary/aromatic N) is 1. The summed E-state index contributed by atoms with van der Waals surface area (Å²) < 4.78 is 0. The summed E-state index contributed by atoms with van der Waals surface area (Å²) in [6.45, 7) is 0.575. The largest absolute Gasteiger partial charge is 0.344 e. The van der Waals surface area contributed by atoms with Crippen molar-refractivity contribution in [2.45, 2.75) is 25.4 Å². The average molecular weight is 232 g/mol. The van der Waals surface area contributed by atoms with Gasteiger partial charge in [0.25, 0.3) is 0 Å². The van der Waals surface area contributed by atoms with Crippen LogP contribution < -0.4 is 5.32 Å². The first-order valence-electron chi connectivity index (χ1n) is 5.75. The van der Waals surface area contributed by atoms with Crippen molar-refractivity contribution in [2.24, 2.45) is 0 Å². The van der Waals surface area contributed by atoms with Crippen LogP contribution in [0.2, 0.25) is 0 Å². The molecule has 2 rings (SSSR count). The summed E-state index contributed by atoms with van der Waals surface area (Å²) in [4.78, 5) is 24.7. The van der Waals surface area contributed by atoms with Gasteiger partial charge in [-0.15, -0.1) is 0 Å². The Labute approximate surface area is 101 Å².